The topological polar surface area (TPSA) is 123 Å². The van der Waals surface area contributed by atoms with Gasteiger partial charge in [0.05, 0.1) is 4.92 Å². The summed E-state index contributed by atoms with van der Waals surface area (Å²) in [7, 11) is 0. The summed E-state index contributed by atoms with van der Waals surface area (Å²) in [4.78, 5) is 21.9. The Kier molecular flexibility index (Phi) is 3.85. The molecule has 0 fully saturated rings. The van der Waals surface area contributed by atoms with E-state index < -0.39 is 4.92 Å². The molecule has 0 atom stereocenters. The highest BCUT2D eigenvalue weighted by Gasteiger charge is 2.21. The fraction of sp³-hybridized carbons (Fsp3) is 0.333. The lowest BCUT2D eigenvalue weighted by Crippen LogP contribution is -2.11. The van der Waals surface area contributed by atoms with Crippen molar-refractivity contribution in [1.29, 1.82) is 0 Å². The number of aryl methyl sites for hydroxylation is 1. The molecule has 0 spiro atoms. The Morgan fingerprint density at radius 3 is 2.95 bits per heavy atom. The van der Waals surface area contributed by atoms with E-state index in [1.54, 1.807) is 0 Å². The van der Waals surface area contributed by atoms with Crippen LogP contribution in [0.15, 0.2) is 6.33 Å². The van der Waals surface area contributed by atoms with Gasteiger partial charge in [-0.25, -0.2) is 9.97 Å². The number of nitro groups is 1. The van der Waals surface area contributed by atoms with E-state index in [0.717, 1.165) is 0 Å². The Balaban J connectivity index is 2.12. The monoisotopic (exact) mass is 283 g/mol. The fourth-order valence-electron chi connectivity index (χ4n) is 1.53. The van der Waals surface area contributed by atoms with Crippen LogP contribution in [0.1, 0.15) is 11.5 Å². The molecule has 2 heterocycles. The highest BCUT2D eigenvalue weighted by atomic mass is 35.5. The van der Waals surface area contributed by atoms with Crippen LogP contribution < -0.4 is 5.32 Å². The van der Waals surface area contributed by atoms with E-state index in [4.69, 9.17) is 11.6 Å². The van der Waals surface area contributed by atoms with Crippen molar-refractivity contribution in [3.63, 3.8) is 0 Å². The summed E-state index contributed by atoms with van der Waals surface area (Å²) >= 11 is 5.69. The van der Waals surface area contributed by atoms with Gasteiger partial charge in [0.15, 0.2) is 0 Å². The third kappa shape index (κ3) is 3.13. The zero-order chi connectivity index (χ0) is 13.8. The zero-order valence-corrected chi connectivity index (χ0v) is 10.7. The maximum Gasteiger partial charge on any atom is 0.332 e. The molecule has 100 valence electrons. The summed E-state index contributed by atoms with van der Waals surface area (Å²) < 4.78 is 0. The number of nitrogens with zero attached hydrogens (tertiary/aromatic N) is 5. The summed E-state index contributed by atoms with van der Waals surface area (Å²) in [5, 5.41) is 20.2. The Hall–Kier alpha value is -2.29. The summed E-state index contributed by atoms with van der Waals surface area (Å²) in [6.45, 7) is 1.91. The number of anilines is 1. The summed E-state index contributed by atoms with van der Waals surface area (Å²) in [5.41, 5.74) is 0.0362. The van der Waals surface area contributed by atoms with E-state index >= 15 is 0 Å². The normalized spacial score (nSPS) is 10.4. The van der Waals surface area contributed by atoms with E-state index in [9.17, 15) is 10.1 Å². The van der Waals surface area contributed by atoms with Gasteiger partial charge in [0.25, 0.3) is 0 Å². The van der Waals surface area contributed by atoms with Crippen LogP contribution in [-0.2, 0) is 6.42 Å². The molecule has 2 N–H and O–H groups in total. The van der Waals surface area contributed by atoms with Crippen LogP contribution in [0.4, 0.5) is 11.5 Å². The second-order valence-corrected chi connectivity index (χ2v) is 3.98. The molecule has 0 saturated carbocycles. The quantitative estimate of drug-likeness (QED) is 0.479. The van der Waals surface area contributed by atoms with Crippen molar-refractivity contribution < 1.29 is 4.92 Å². The second-order valence-electron chi connectivity index (χ2n) is 3.64. The lowest BCUT2D eigenvalue weighted by atomic mass is 10.3. The Bertz CT molecular complexity index is 587. The predicted molar refractivity (Wildman–Crippen MR) is 67.0 cm³/mol. The molecule has 2 rings (SSSR count). The van der Waals surface area contributed by atoms with Gasteiger partial charge < -0.3 is 5.32 Å². The first-order valence-electron chi connectivity index (χ1n) is 5.34. The van der Waals surface area contributed by atoms with Gasteiger partial charge in [-0.15, -0.1) is 0 Å². The lowest BCUT2D eigenvalue weighted by Gasteiger charge is -2.06. The molecule has 0 aromatic carbocycles. The average Bonchev–Trinajstić information content (AvgIpc) is 2.80. The molecular formula is C9H10ClN7O2. The first-order chi connectivity index (χ1) is 9.08. The standard InChI is InChI=1S/C9H10ClN7O2/c1-5-7(17(18)19)8(15-9(10)14-5)11-3-2-6-12-4-13-16-6/h4H,2-3H2,1H3,(H,11,14,15)(H,12,13,16). The van der Waals surface area contributed by atoms with Crippen molar-refractivity contribution in [3.05, 3.63) is 33.2 Å². The van der Waals surface area contributed by atoms with E-state index in [2.05, 4.69) is 30.5 Å². The molecule has 0 aliphatic heterocycles. The third-order valence-corrected chi connectivity index (χ3v) is 2.50. The highest BCUT2D eigenvalue weighted by Crippen LogP contribution is 2.26. The molecule has 0 aliphatic carbocycles. The van der Waals surface area contributed by atoms with Gasteiger partial charge in [-0.2, -0.15) is 10.1 Å². The maximum absolute atomic E-state index is 11.0. The van der Waals surface area contributed by atoms with Crippen molar-refractivity contribution in [2.75, 3.05) is 11.9 Å². The van der Waals surface area contributed by atoms with Gasteiger partial charge in [-0.1, -0.05) is 0 Å². The molecule has 2 aromatic heterocycles. The number of halogens is 1. The van der Waals surface area contributed by atoms with Crippen LogP contribution >= 0.6 is 11.6 Å². The number of H-pyrrole nitrogens is 1. The molecular weight excluding hydrogens is 274 g/mol. The van der Waals surface area contributed by atoms with Crippen molar-refractivity contribution in [3.8, 4) is 0 Å². The zero-order valence-electron chi connectivity index (χ0n) is 9.92. The van der Waals surface area contributed by atoms with Gasteiger partial charge in [-0.05, 0) is 18.5 Å². The summed E-state index contributed by atoms with van der Waals surface area (Å²) in [6, 6.07) is 0. The molecule has 19 heavy (non-hydrogen) atoms. The van der Waals surface area contributed by atoms with Gasteiger partial charge in [-0.3, -0.25) is 15.2 Å². The Morgan fingerprint density at radius 2 is 2.32 bits per heavy atom. The van der Waals surface area contributed by atoms with Crippen LogP contribution in [0.5, 0.6) is 0 Å². The molecule has 0 saturated heterocycles. The number of aromatic amines is 1. The predicted octanol–water partition coefficient (Wildman–Crippen LogP) is 1.12. The lowest BCUT2D eigenvalue weighted by molar-refractivity contribution is -0.385. The first kappa shape index (κ1) is 13.1. The molecule has 9 nitrogen and oxygen atoms in total. The molecule has 0 unspecified atom stereocenters. The van der Waals surface area contributed by atoms with Crippen molar-refractivity contribution in [1.82, 2.24) is 25.1 Å². The smallest absolute Gasteiger partial charge is 0.332 e. The Morgan fingerprint density at radius 1 is 1.53 bits per heavy atom. The molecule has 2 aromatic rings. The van der Waals surface area contributed by atoms with E-state index in [1.807, 2.05) is 0 Å². The van der Waals surface area contributed by atoms with Crippen LogP contribution in [0, 0.1) is 17.0 Å². The summed E-state index contributed by atoms with van der Waals surface area (Å²) in [5.74, 6) is 0.772. The number of rotatable bonds is 5. The van der Waals surface area contributed by atoms with Crippen LogP contribution in [0.3, 0.4) is 0 Å². The van der Waals surface area contributed by atoms with Crippen molar-refractivity contribution >= 4 is 23.1 Å². The minimum atomic E-state index is -0.539. The van der Waals surface area contributed by atoms with Crippen LogP contribution in [-0.4, -0.2) is 36.6 Å². The van der Waals surface area contributed by atoms with E-state index in [-0.39, 0.29) is 22.5 Å². The van der Waals surface area contributed by atoms with E-state index in [0.29, 0.717) is 18.8 Å². The number of hydrogen-bond acceptors (Lipinski definition) is 7. The first-order valence-corrected chi connectivity index (χ1v) is 5.72. The van der Waals surface area contributed by atoms with Crippen molar-refractivity contribution in [2.24, 2.45) is 0 Å². The van der Waals surface area contributed by atoms with Crippen LogP contribution in [0.25, 0.3) is 0 Å². The van der Waals surface area contributed by atoms with Crippen molar-refractivity contribution in [2.45, 2.75) is 13.3 Å². The molecule has 0 bridgehead atoms. The molecule has 10 heteroatoms. The maximum atomic E-state index is 11.0. The third-order valence-electron chi connectivity index (χ3n) is 2.33. The SMILES string of the molecule is Cc1nc(Cl)nc(NCCc2ncn[nH]2)c1[N+](=O)[O-]. The second kappa shape index (κ2) is 5.57. The largest absolute Gasteiger partial charge is 0.364 e. The minimum absolute atomic E-state index is 0.0368. The van der Waals surface area contributed by atoms with Gasteiger partial charge in [0, 0.05) is 13.0 Å². The number of nitrogens with one attached hydrogen (secondary N) is 2. The average molecular weight is 284 g/mol. The number of aromatic nitrogens is 5. The molecule has 0 radical (unpaired) electrons. The molecule has 0 aliphatic rings. The Labute approximate surface area is 112 Å². The van der Waals surface area contributed by atoms with Gasteiger partial charge in [0.2, 0.25) is 11.1 Å². The van der Waals surface area contributed by atoms with Crippen LogP contribution in [0.2, 0.25) is 5.28 Å². The van der Waals surface area contributed by atoms with Gasteiger partial charge in [0.1, 0.15) is 17.8 Å². The fourth-order valence-corrected chi connectivity index (χ4v) is 1.74. The number of hydrogen-bond donors (Lipinski definition) is 2. The highest BCUT2D eigenvalue weighted by molar-refractivity contribution is 6.28. The van der Waals surface area contributed by atoms with E-state index in [1.165, 1.54) is 13.3 Å². The summed E-state index contributed by atoms with van der Waals surface area (Å²) in [6.07, 6.45) is 1.92. The van der Waals surface area contributed by atoms with Gasteiger partial charge >= 0.3 is 5.69 Å². The molecule has 0 amide bonds. The minimum Gasteiger partial charge on any atom is -0.364 e.